The van der Waals surface area contributed by atoms with Crippen molar-refractivity contribution in [2.45, 2.75) is 17.9 Å². The molecular weight excluding hydrogens is 306 g/mol. The highest BCUT2D eigenvalue weighted by molar-refractivity contribution is 5.89. The highest BCUT2D eigenvalue weighted by atomic mass is 16.5. The van der Waals surface area contributed by atoms with Gasteiger partial charge in [-0.15, -0.1) is 0 Å². The van der Waals surface area contributed by atoms with E-state index in [9.17, 15) is 9.90 Å². The smallest absolute Gasteiger partial charge is 0.232 e. The Bertz CT molecular complexity index is 722. The summed E-state index contributed by atoms with van der Waals surface area (Å²) in [5.74, 6) is 0.800. The molecule has 1 saturated heterocycles. The summed E-state index contributed by atoms with van der Waals surface area (Å²) in [7, 11) is 0. The predicted molar refractivity (Wildman–Crippen MR) is 88.2 cm³/mol. The van der Waals surface area contributed by atoms with Crippen LogP contribution in [0.5, 0.6) is 11.5 Å². The lowest BCUT2D eigenvalue weighted by molar-refractivity contribution is -0.123. The van der Waals surface area contributed by atoms with Crippen LogP contribution in [0, 0.1) is 0 Å². The summed E-state index contributed by atoms with van der Waals surface area (Å²) in [4.78, 5) is 12.9. The van der Waals surface area contributed by atoms with Crippen LogP contribution in [0.4, 0.5) is 0 Å². The summed E-state index contributed by atoms with van der Waals surface area (Å²) >= 11 is 0. The quantitative estimate of drug-likeness (QED) is 0.908. The molecule has 1 amide bonds. The van der Waals surface area contributed by atoms with E-state index in [1.54, 1.807) is 0 Å². The number of ether oxygens (including phenoxy) is 2. The summed E-state index contributed by atoms with van der Waals surface area (Å²) in [6, 6.07) is 15.1. The molecule has 24 heavy (non-hydrogen) atoms. The molecule has 1 fully saturated rings. The van der Waals surface area contributed by atoms with E-state index in [-0.39, 0.29) is 19.1 Å². The zero-order chi connectivity index (χ0) is 16.6. The van der Waals surface area contributed by atoms with Crippen molar-refractivity contribution in [3.05, 3.63) is 59.7 Å². The molecule has 0 aliphatic carbocycles. The van der Waals surface area contributed by atoms with E-state index in [0.29, 0.717) is 24.5 Å². The van der Waals surface area contributed by atoms with Crippen LogP contribution in [0.1, 0.15) is 23.5 Å². The van der Waals surface area contributed by atoms with Crippen LogP contribution in [0.25, 0.3) is 0 Å². The third-order valence-corrected chi connectivity index (χ3v) is 4.62. The Balaban J connectivity index is 1.63. The lowest BCUT2D eigenvalue weighted by Crippen LogP contribution is -2.45. The van der Waals surface area contributed by atoms with Gasteiger partial charge in [0.1, 0.15) is 17.1 Å². The summed E-state index contributed by atoms with van der Waals surface area (Å²) in [5.41, 5.74) is 0.701. The molecule has 124 valence electrons. The van der Waals surface area contributed by atoms with Crippen molar-refractivity contribution in [3.63, 3.8) is 0 Å². The number of para-hydroxylation sites is 2. The number of aliphatic hydroxyl groups is 1. The van der Waals surface area contributed by atoms with Crippen LogP contribution in [0.2, 0.25) is 0 Å². The Kier molecular flexibility index (Phi) is 3.75. The molecule has 2 aliphatic heterocycles. The fourth-order valence-electron chi connectivity index (χ4n) is 3.28. The first kappa shape index (κ1) is 15.2. The van der Waals surface area contributed by atoms with Crippen molar-refractivity contribution in [2.75, 3.05) is 19.8 Å². The van der Waals surface area contributed by atoms with Crippen molar-refractivity contribution in [3.8, 4) is 11.5 Å². The van der Waals surface area contributed by atoms with Gasteiger partial charge in [-0.3, -0.25) is 4.79 Å². The van der Waals surface area contributed by atoms with Crippen molar-refractivity contribution >= 4 is 5.91 Å². The molecule has 0 spiro atoms. The van der Waals surface area contributed by atoms with E-state index in [1.165, 1.54) is 0 Å². The van der Waals surface area contributed by atoms with Gasteiger partial charge in [0.25, 0.3) is 0 Å². The van der Waals surface area contributed by atoms with Gasteiger partial charge >= 0.3 is 0 Å². The van der Waals surface area contributed by atoms with E-state index in [1.807, 2.05) is 48.5 Å². The maximum absolute atomic E-state index is 12.9. The van der Waals surface area contributed by atoms with Gasteiger partial charge < -0.3 is 19.9 Å². The Morgan fingerprint density at radius 1 is 1.12 bits per heavy atom. The first-order valence-corrected chi connectivity index (χ1v) is 8.10. The third-order valence-electron chi connectivity index (χ3n) is 4.62. The van der Waals surface area contributed by atoms with E-state index in [0.717, 1.165) is 11.1 Å². The number of hydrogen-bond acceptors (Lipinski definition) is 4. The number of hydrogen-bond donors (Lipinski definition) is 2. The SMILES string of the molecule is O=C(NC[C@@]1(O)CCOC1)C1c2ccccc2Oc2ccccc21. The molecule has 0 saturated carbocycles. The number of nitrogens with one attached hydrogen (secondary N) is 1. The standard InChI is InChI=1S/C19H19NO4/c21-18(20-11-19(22)9-10-23-12-19)17-13-5-1-3-7-15(13)24-16-8-4-2-6-14(16)17/h1-8,17,22H,9-12H2,(H,20,21)/t19-/m0/s1. The van der Waals surface area contributed by atoms with Gasteiger partial charge in [0.05, 0.1) is 12.5 Å². The highest BCUT2D eigenvalue weighted by Crippen LogP contribution is 2.43. The van der Waals surface area contributed by atoms with E-state index in [4.69, 9.17) is 9.47 Å². The lowest BCUT2D eigenvalue weighted by Gasteiger charge is -2.28. The zero-order valence-corrected chi connectivity index (χ0v) is 13.2. The first-order chi connectivity index (χ1) is 11.7. The topological polar surface area (TPSA) is 67.8 Å². The van der Waals surface area contributed by atoms with Gasteiger partial charge in [-0.25, -0.2) is 0 Å². The van der Waals surface area contributed by atoms with E-state index < -0.39 is 11.5 Å². The summed E-state index contributed by atoms with van der Waals surface area (Å²) in [6.45, 7) is 0.969. The number of amides is 1. The molecule has 2 aromatic carbocycles. The maximum Gasteiger partial charge on any atom is 0.232 e. The predicted octanol–water partition coefficient (Wildman–Crippen LogP) is 2.19. The van der Waals surface area contributed by atoms with Gasteiger partial charge in [-0.05, 0) is 12.1 Å². The Labute approximate surface area is 140 Å². The maximum atomic E-state index is 12.9. The van der Waals surface area contributed by atoms with E-state index >= 15 is 0 Å². The second-order valence-electron chi connectivity index (χ2n) is 6.36. The lowest BCUT2D eigenvalue weighted by atomic mass is 9.87. The fourth-order valence-corrected chi connectivity index (χ4v) is 3.28. The molecule has 0 radical (unpaired) electrons. The molecule has 0 aromatic heterocycles. The summed E-state index contributed by atoms with van der Waals surface area (Å²) < 4.78 is 11.1. The molecule has 4 rings (SSSR count). The van der Waals surface area contributed by atoms with E-state index in [2.05, 4.69) is 5.32 Å². The van der Waals surface area contributed by atoms with Crippen LogP contribution >= 0.6 is 0 Å². The average molecular weight is 325 g/mol. The van der Waals surface area contributed by atoms with Crippen LogP contribution in [-0.4, -0.2) is 36.4 Å². The molecule has 2 aliphatic rings. The largest absolute Gasteiger partial charge is 0.457 e. The molecule has 2 heterocycles. The Morgan fingerprint density at radius 3 is 2.33 bits per heavy atom. The number of rotatable bonds is 3. The molecule has 5 heteroatoms. The third kappa shape index (κ3) is 2.66. The molecular formula is C19H19NO4. The van der Waals surface area contributed by atoms with Crippen molar-refractivity contribution < 1.29 is 19.4 Å². The second-order valence-corrected chi connectivity index (χ2v) is 6.36. The average Bonchev–Trinajstić information content (AvgIpc) is 3.04. The number of carbonyl (C=O) groups excluding carboxylic acids is 1. The van der Waals surface area contributed by atoms with Crippen molar-refractivity contribution in [1.29, 1.82) is 0 Å². The van der Waals surface area contributed by atoms with Gasteiger partial charge in [-0.1, -0.05) is 36.4 Å². The van der Waals surface area contributed by atoms with Crippen LogP contribution in [-0.2, 0) is 9.53 Å². The highest BCUT2D eigenvalue weighted by Gasteiger charge is 2.36. The van der Waals surface area contributed by atoms with Gasteiger partial charge in [0.15, 0.2) is 0 Å². The molecule has 2 N–H and O–H groups in total. The Morgan fingerprint density at radius 2 is 1.75 bits per heavy atom. The van der Waals surface area contributed by atoms with Gasteiger partial charge in [0, 0.05) is 30.7 Å². The van der Waals surface area contributed by atoms with Crippen LogP contribution in [0.15, 0.2) is 48.5 Å². The molecule has 5 nitrogen and oxygen atoms in total. The number of benzene rings is 2. The van der Waals surface area contributed by atoms with Gasteiger partial charge in [-0.2, -0.15) is 0 Å². The summed E-state index contributed by atoms with van der Waals surface area (Å²) in [6.07, 6.45) is 0.536. The molecule has 2 aromatic rings. The molecule has 1 atom stereocenters. The van der Waals surface area contributed by atoms with Gasteiger partial charge in [0.2, 0.25) is 5.91 Å². The Hall–Kier alpha value is -2.37. The van der Waals surface area contributed by atoms with Crippen LogP contribution < -0.4 is 10.1 Å². The summed E-state index contributed by atoms with van der Waals surface area (Å²) in [5, 5.41) is 13.3. The minimum atomic E-state index is -0.972. The normalized spacial score (nSPS) is 22.4. The number of carbonyl (C=O) groups is 1. The first-order valence-electron chi connectivity index (χ1n) is 8.10. The second kappa shape index (κ2) is 5.92. The van der Waals surface area contributed by atoms with Crippen molar-refractivity contribution in [2.24, 2.45) is 0 Å². The zero-order valence-electron chi connectivity index (χ0n) is 13.2. The van der Waals surface area contributed by atoms with Crippen LogP contribution in [0.3, 0.4) is 0 Å². The number of fused-ring (bicyclic) bond motifs is 2. The monoisotopic (exact) mass is 325 g/mol. The minimum absolute atomic E-state index is 0.140. The minimum Gasteiger partial charge on any atom is -0.457 e. The molecule has 0 unspecified atom stereocenters. The fraction of sp³-hybridized carbons (Fsp3) is 0.316. The van der Waals surface area contributed by atoms with Crippen molar-refractivity contribution in [1.82, 2.24) is 5.32 Å². The molecule has 0 bridgehead atoms.